The summed E-state index contributed by atoms with van der Waals surface area (Å²) in [7, 11) is 0. The van der Waals surface area contributed by atoms with Crippen LogP contribution < -0.4 is 5.32 Å². The van der Waals surface area contributed by atoms with Crippen LogP contribution >= 0.6 is 0 Å². The Morgan fingerprint density at radius 1 is 1.33 bits per heavy atom. The minimum Gasteiger partial charge on any atom is -0.428 e. The fourth-order valence-electron chi connectivity index (χ4n) is 0.783. The monoisotopic (exact) mass is 283 g/mol. The van der Waals surface area contributed by atoms with Crippen LogP contribution in [0.1, 0.15) is 13.8 Å². The fourth-order valence-corrected chi connectivity index (χ4v) is 1.23. The molecule has 3 N–H and O–H groups in total. The van der Waals surface area contributed by atoms with Crippen LogP contribution in [0.5, 0.6) is 0 Å². The van der Waals surface area contributed by atoms with Crippen LogP contribution in [0.15, 0.2) is 0 Å². The van der Waals surface area contributed by atoms with E-state index in [4.69, 9.17) is 9.66 Å². The Morgan fingerprint density at radius 2 is 1.94 bits per heavy atom. The average Bonchev–Trinajstić information content (AvgIpc) is 2.25. The molecule has 18 heavy (non-hydrogen) atoms. The lowest BCUT2D eigenvalue weighted by Gasteiger charge is -2.11. The van der Waals surface area contributed by atoms with Crippen molar-refractivity contribution in [3.8, 4) is 0 Å². The maximum absolute atomic E-state index is 11.0. The Labute approximate surface area is 107 Å². The summed E-state index contributed by atoms with van der Waals surface area (Å²) in [5.74, 6) is -1.20. The van der Waals surface area contributed by atoms with Crippen molar-refractivity contribution in [2.75, 3.05) is 19.1 Å². The van der Waals surface area contributed by atoms with Crippen LogP contribution in [0.4, 0.5) is 4.79 Å². The lowest BCUT2D eigenvalue weighted by atomic mass is 10.2. The summed E-state index contributed by atoms with van der Waals surface area (Å²) in [6, 6.07) is 0. The highest BCUT2D eigenvalue weighted by Gasteiger charge is 2.12. The molecule has 0 aromatic heterocycles. The van der Waals surface area contributed by atoms with E-state index < -0.39 is 36.0 Å². The van der Waals surface area contributed by atoms with Gasteiger partial charge in [-0.3, -0.25) is 4.79 Å². The van der Waals surface area contributed by atoms with Gasteiger partial charge >= 0.3 is 12.1 Å². The molecule has 0 radical (unpaired) electrons. The number of carbonyl (C=O) groups excluding carboxylic acids is 2. The molecule has 0 aliphatic carbocycles. The van der Waals surface area contributed by atoms with Crippen LogP contribution in [0, 0.1) is 5.92 Å². The average molecular weight is 283 g/mol. The van der Waals surface area contributed by atoms with E-state index in [9.17, 15) is 13.8 Å². The summed E-state index contributed by atoms with van der Waals surface area (Å²) in [5.41, 5.74) is 0. The van der Waals surface area contributed by atoms with Gasteiger partial charge in [-0.15, -0.1) is 0 Å². The lowest BCUT2D eigenvalue weighted by Crippen LogP contribution is -2.35. The molecule has 0 bridgehead atoms. The zero-order valence-electron chi connectivity index (χ0n) is 10.1. The highest BCUT2D eigenvalue weighted by molar-refractivity contribution is 7.79. The molecule has 0 spiro atoms. The van der Waals surface area contributed by atoms with Gasteiger partial charge in [0.1, 0.15) is 0 Å². The Kier molecular flexibility index (Phi) is 8.25. The number of aliphatic hydroxyl groups excluding tert-OH is 1. The van der Waals surface area contributed by atoms with Crippen LogP contribution in [-0.4, -0.2) is 51.1 Å². The number of ether oxygens (including phenoxy) is 2. The number of alkyl carbamates (subject to hydrolysis) is 1. The smallest absolute Gasteiger partial charge is 0.410 e. The molecule has 0 aromatic carbocycles. The number of aliphatic hydroxyl groups is 1. The zero-order chi connectivity index (χ0) is 14.1. The maximum atomic E-state index is 11.0. The highest BCUT2D eigenvalue weighted by Crippen LogP contribution is 1.95. The van der Waals surface area contributed by atoms with Crippen molar-refractivity contribution in [2.24, 2.45) is 5.92 Å². The molecule has 106 valence electrons. The van der Waals surface area contributed by atoms with Gasteiger partial charge in [-0.2, -0.15) is 0 Å². The van der Waals surface area contributed by atoms with Gasteiger partial charge in [-0.25, -0.2) is 9.00 Å². The number of amides is 1. The molecule has 0 rings (SSSR count). The number of rotatable bonds is 7. The van der Waals surface area contributed by atoms with Crippen LogP contribution in [0.2, 0.25) is 0 Å². The van der Waals surface area contributed by atoms with Gasteiger partial charge in [0, 0.05) is 6.54 Å². The summed E-state index contributed by atoms with van der Waals surface area (Å²) in [5, 5.41) is 11.3. The quantitative estimate of drug-likeness (QED) is 0.325. The van der Waals surface area contributed by atoms with Gasteiger partial charge < -0.3 is 24.4 Å². The molecule has 0 fully saturated rings. The van der Waals surface area contributed by atoms with Gasteiger partial charge in [0.25, 0.3) is 0 Å². The van der Waals surface area contributed by atoms with Gasteiger partial charge in [-0.1, -0.05) is 13.8 Å². The standard InChI is InChI=1S/C9H17NO7S/c1-6(2)8(12)16-5-17-9(13)10-3-7(11)4-18(14)15/h6-7,11H,3-5H2,1-2H3,(H,10,13)(H,14,15)/t7-/m1/s1. The number of carbonyl (C=O) groups is 2. The first-order valence-corrected chi connectivity index (χ1v) is 6.43. The van der Waals surface area contributed by atoms with Gasteiger partial charge in [0.15, 0.2) is 11.1 Å². The molecular weight excluding hydrogens is 266 g/mol. The third-order valence-electron chi connectivity index (χ3n) is 1.68. The molecule has 2 atom stereocenters. The summed E-state index contributed by atoms with van der Waals surface area (Å²) >= 11 is -2.14. The Bertz CT molecular complexity index is 307. The van der Waals surface area contributed by atoms with Crippen molar-refractivity contribution >= 4 is 23.1 Å². The summed E-state index contributed by atoms with van der Waals surface area (Å²) in [4.78, 5) is 22.0. The second-order valence-electron chi connectivity index (χ2n) is 3.69. The number of nitrogens with one attached hydrogen (secondary N) is 1. The first-order chi connectivity index (χ1) is 8.32. The van der Waals surface area contributed by atoms with E-state index in [0.29, 0.717) is 0 Å². The topological polar surface area (TPSA) is 122 Å². The number of hydrogen-bond acceptors (Lipinski definition) is 6. The molecule has 9 heteroatoms. The molecule has 0 saturated heterocycles. The second-order valence-corrected chi connectivity index (χ2v) is 4.67. The maximum Gasteiger partial charge on any atom is 0.410 e. The van der Waals surface area contributed by atoms with Gasteiger partial charge in [0.05, 0.1) is 17.8 Å². The van der Waals surface area contributed by atoms with Crippen molar-refractivity contribution in [3.05, 3.63) is 0 Å². The fraction of sp³-hybridized carbons (Fsp3) is 0.778. The predicted molar refractivity (Wildman–Crippen MR) is 61.9 cm³/mol. The third kappa shape index (κ3) is 8.90. The SMILES string of the molecule is CC(C)C(=O)OCOC(=O)NC[C@@H](O)CS(=O)O. The molecule has 1 unspecified atom stereocenters. The molecule has 0 aliphatic heterocycles. The van der Waals surface area contributed by atoms with Crippen LogP contribution in [0.25, 0.3) is 0 Å². The molecule has 0 aromatic rings. The molecule has 0 saturated carbocycles. The summed E-state index contributed by atoms with van der Waals surface area (Å²) < 4.78 is 27.8. The van der Waals surface area contributed by atoms with E-state index in [1.165, 1.54) is 0 Å². The molecule has 0 aliphatic rings. The van der Waals surface area contributed by atoms with E-state index in [-0.39, 0.29) is 18.2 Å². The number of esters is 1. The minimum absolute atomic E-state index is 0.233. The van der Waals surface area contributed by atoms with Crippen LogP contribution in [0.3, 0.4) is 0 Å². The largest absolute Gasteiger partial charge is 0.428 e. The van der Waals surface area contributed by atoms with Crippen molar-refractivity contribution in [3.63, 3.8) is 0 Å². The Balaban J connectivity index is 3.66. The van der Waals surface area contributed by atoms with Crippen LogP contribution in [-0.2, 0) is 25.3 Å². The van der Waals surface area contributed by atoms with E-state index in [2.05, 4.69) is 14.8 Å². The van der Waals surface area contributed by atoms with E-state index in [1.54, 1.807) is 13.8 Å². The van der Waals surface area contributed by atoms with E-state index in [1.807, 2.05) is 0 Å². The molecule has 1 amide bonds. The first kappa shape index (κ1) is 16.8. The molecule has 0 heterocycles. The van der Waals surface area contributed by atoms with Crippen molar-refractivity contribution < 1.29 is 32.9 Å². The molecule has 8 nitrogen and oxygen atoms in total. The lowest BCUT2D eigenvalue weighted by molar-refractivity contribution is -0.155. The van der Waals surface area contributed by atoms with Gasteiger partial charge in [0.2, 0.25) is 6.79 Å². The highest BCUT2D eigenvalue weighted by atomic mass is 32.2. The van der Waals surface area contributed by atoms with E-state index >= 15 is 0 Å². The Hall–Kier alpha value is -1.19. The predicted octanol–water partition coefficient (Wildman–Crippen LogP) is -0.548. The first-order valence-electron chi connectivity index (χ1n) is 5.15. The third-order valence-corrected chi connectivity index (χ3v) is 2.35. The van der Waals surface area contributed by atoms with E-state index in [0.717, 1.165) is 0 Å². The normalized spacial score (nSPS) is 13.8. The van der Waals surface area contributed by atoms with Crippen molar-refractivity contribution in [1.82, 2.24) is 5.32 Å². The summed E-state index contributed by atoms with van der Waals surface area (Å²) in [6.45, 7) is 2.51. The molecular formula is C9H17NO7S. The number of hydrogen-bond donors (Lipinski definition) is 3. The van der Waals surface area contributed by atoms with Crippen molar-refractivity contribution in [2.45, 2.75) is 20.0 Å². The van der Waals surface area contributed by atoms with Gasteiger partial charge in [-0.05, 0) is 0 Å². The zero-order valence-corrected chi connectivity index (χ0v) is 10.9. The summed E-state index contributed by atoms with van der Waals surface area (Å²) in [6.07, 6.45) is -2.05. The minimum atomic E-state index is -2.14. The Morgan fingerprint density at radius 3 is 2.44 bits per heavy atom. The second kappa shape index (κ2) is 8.84. The van der Waals surface area contributed by atoms with Crippen molar-refractivity contribution in [1.29, 1.82) is 0 Å².